The molecule has 0 aromatic carbocycles. The average molecular weight is 268 g/mol. The van der Waals surface area contributed by atoms with Gasteiger partial charge in [-0.25, -0.2) is 14.8 Å². The molecule has 0 atom stereocenters. The highest BCUT2D eigenvalue weighted by atomic mass is 35.5. The van der Waals surface area contributed by atoms with Crippen LogP contribution in [-0.2, 0) is 13.6 Å². The Labute approximate surface area is 107 Å². The molecule has 0 saturated carbocycles. The van der Waals surface area contributed by atoms with Crippen LogP contribution >= 0.6 is 11.6 Å². The Morgan fingerprint density at radius 1 is 1.56 bits per heavy atom. The Balaban J connectivity index is 2.10. The van der Waals surface area contributed by atoms with E-state index in [0.29, 0.717) is 18.2 Å². The molecule has 0 spiro atoms. The van der Waals surface area contributed by atoms with E-state index in [1.54, 1.807) is 24.1 Å². The third-order valence-electron chi connectivity index (χ3n) is 2.12. The largest absolute Gasteiger partial charge is 0.476 e. The Morgan fingerprint density at radius 2 is 2.33 bits per heavy atom. The van der Waals surface area contributed by atoms with Gasteiger partial charge in [0.15, 0.2) is 11.5 Å². The molecule has 0 aliphatic heterocycles. The number of carboxylic acid groups (broad SMARTS) is 1. The first kappa shape index (κ1) is 12.3. The van der Waals surface area contributed by atoms with Gasteiger partial charge in [-0.05, 0) is 12.1 Å². The number of halogens is 1. The Morgan fingerprint density at radius 3 is 2.94 bits per heavy atom. The normalized spacial score (nSPS) is 10.3. The number of aromatic nitrogens is 4. The third kappa shape index (κ3) is 2.75. The van der Waals surface area contributed by atoms with Crippen LogP contribution < -0.4 is 5.32 Å². The summed E-state index contributed by atoms with van der Waals surface area (Å²) in [7, 11) is 1.76. The van der Waals surface area contributed by atoms with E-state index in [9.17, 15) is 4.79 Å². The molecular weight excluding hydrogens is 258 g/mol. The lowest BCUT2D eigenvalue weighted by molar-refractivity contribution is 0.0691. The molecule has 94 valence electrons. The lowest BCUT2D eigenvalue weighted by Crippen LogP contribution is -2.07. The summed E-state index contributed by atoms with van der Waals surface area (Å²) in [5, 5.41) is 16.0. The van der Waals surface area contributed by atoms with Gasteiger partial charge in [-0.2, -0.15) is 5.10 Å². The number of rotatable bonds is 4. The monoisotopic (exact) mass is 267 g/mol. The first-order valence-corrected chi connectivity index (χ1v) is 5.42. The van der Waals surface area contributed by atoms with Crippen LogP contribution in [0.4, 0.5) is 5.82 Å². The van der Waals surface area contributed by atoms with Crippen molar-refractivity contribution in [3.05, 3.63) is 35.0 Å². The van der Waals surface area contributed by atoms with Crippen molar-refractivity contribution in [1.82, 2.24) is 19.7 Å². The minimum absolute atomic E-state index is 0.101. The van der Waals surface area contributed by atoms with Gasteiger partial charge < -0.3 is 10.4 Å². The van der Waals surface area contributed by atoms with Gasteiger partial charge in [0.1, 0.15) is 12.1 Å². The van der Waals surface area contributed by atoms with Crippen LogP contribution in [0.3, 0.4) is 0 Å². The maximum atomic E-state index is 10.8. The maximum absolute atomic E-state index is 10.8. The summed E-state index contributed by atoms with van der Waals surface area (Å²) >= 11 is 5.71. The second kappa shape index (κ2) is 5.01. The summed E-state index contributed by atoms with van der Waals surface area (Å²) in [6.07, 6.45) is 1.58. The van der Waals surface area contributed by atoms with E-state index >= 15 is 0 Å². The summed E-state index contributed by atoms with van der Waals surface area (Å²) in [6, 6.07) is 3.07. The highest BCUT2D eigenvalue weighted by Gasteiger charge is 2.11. The number of carboxylic acids is 1. The van der Waals surface area contributed by atoms with E-state index in [-0.39, 0.29) is 10.7 Å². The fourth-order valence-electron chi connectivity index (χ4n) is 1.33. The molecule has 2 aromatic heterocycles. The molecule has 0 radical (unpaired) electrons. The highest BCUT2D eigenvalue weighted by Crippen LogP contribution is 2.16. The molecule has 0 unspecified atom stereocenters. The number of nitrogens with one attached hydrogen (secondary N) is 1. The summed E-state index contributed by atoms with van der Waals surface area (Å²) in [5.74, 6) is -0.171. The zero-order chi connectivity index (χ0) is 13.1. The molecule has 2 rings (SSSR count). The van der Waals surface area contributed by atoms with Gasteiger partial charge in [0.2, 0.25) is 0 Å². The number of nitrogens with zero attached hydrogens (tertiary/aromatic N) is 4. The fraction of sp³-hybridized carbons (Fsp3) is 0.200. The summed E-state index contributed by atoms with van der Waals surface area (Å²) < 4.78 is 1.58. The Bertz CT molecular complexity index is 583. The van der Waals surface area contributed by atoms with Gasteiger partial charge in [0.05, 0.1) is 11.6 Å². The number of aryl methyl sites for hydroxylation is 1. The zero-order valence-corrected chi connectivity index (χ0v) is 10.2. The molecule has 0 aliphatic carbocycles. The summed E-state index contributed by atoms with van der Waals surface area (Å²) in [5.41, 5.74) is -0.185. The van der Waals surface area contributed by atoms with E-state index < -0.39 is 5.97 Å². The lowest BCUT2D eigenvalue weighted by Gasteiger charge is -2.04. The van der Waals surface area contributed by atoms with Crippen LogP contribution in [0.15, 0.2) is 18.5 Å². The lowest BCUT2D eigenvalue weighted by atomic mass is 10.3. The molecule has 0 aliphatic rings. The number of carbonyl (C=O) groups is 1. The van der Waals surface area contributed by atoms with Crippen molar-refractivity contribution in [2.24, 2.45) is 7.05 Å². The minimum atomic E-state index is -1.17. The first-order chi connectivity index (χ1) is 8.56. The van der Waals surface area contributed by atoms with E-state index in [1.165, 1.54) is 6.07 Å². The van der Waals surface area contributed by atoms with E-state index in [1.807, 2.05) is 0 Å². The first-order valence-electron chi connectivity index (χ1n) is 5.04. The molecule has 0 saturated heterocycles. The molecule has 0 bridgehead atoms. The number of pyridine rings is 1. The molecule has 2 aromatic rings. The van der Waals surface area contributed by atoms with Crippen LogP contribution in [0.2, 0.25) is 5.02 Å². The summed E-state index contributed by atoms with van der Waals surface area (Å²) in [6.45, 7) is 0.356. The van der Waals surface area contributed by atoms with Crippen molar-refractivity contribution >= 4 is 23.4 Å². The Hall–Kier alpha value is -2.15. The smallest absolute Gasteiger partial charge is 0.356 e. The van der Waals surface area contributed by atoms with Crippen LogP contribution in [0.5, 0.6) is 0 Å². The van der Waals surface area contributed by atoms with Crippen molar-refractivity contribution in [3.8, 4) is 0 Å². The van der Waals surface area contributed by atoms with Crippen molar-refractivity contribution < 1.29 is 9.90 Å². The van der Waals surface area contributed by atoms with Crippen LogP contribution in [0.25, 0.3) is 0 Å². The number of hydrogen-bond donors (Lipinski definition) is 2. The second-order valence-electron chi connectivity index (χ2n) is 3.52. The van der Waals surface area contributed by atoms with Crippen molar-refractivity contribution in [1.29, 1.82) is 0 Å². The molecule has 2 N–H and O–H groups in total. The van der Waals surface area contributed by atoms with Crippen LogP contribution in [-0.4, -0.2) is 30.8 Å². The van der Waals surface area contributed by atoms with Gasteiger partial charge >= 0.3 is 5.97 Å². The molecule has 8 heteroatoms. The molecule has 2 heterocycles. The Kier molecular flexibility index (Phi) is 3.42. The van der Waals surface area contributed by atoms with E-state index in [4.69, 9.17) is 16.7 Å². The highest BCUT2D eigenvalue weighted by molar-refractivity contribution is 6.33. The molecule has 0 fully saturated rings. The van der Waals surface area contributed by atoms with Gasteiger partial charge in [0.25, 0.3) is 0 Å². The van der Waals surface area contributed by atoms with Crippen molar-refractivity contribution in [2.45, 2.75) is 6.54 Å². The van der Waals surface area contributed by atoms with Crippen molar-refractivity contribution in [2.75, 3.05) is 5.32 Å². The van der Waals surface area contributed by atoms with Gasteiger partial charge in [-0.1, -0.05) is 11.6 Å². The maximum Gasteiger partial charge on any atom is 0.356 e. The van der Waals surface area contributed by atoms with Gasteiger partial charge in [-0.3, -0.25) is 4.68 Å². The number of aromatic carboxylic acids is 1. The minimum Gasteiger partial charge on any atom is -0.476 e. The average Bonchev–Trinajstić information content (AvgIpc) is 2.74. The standard InChI is InChI=1S/C10H10ClN5O2/c1-16-5-13-8(15-16)4-12-7-3-2-6(11)9(14-7)10(17)18/h2-3,5H,4H2,1H3,(H,12,14)(H,17,18). The molecule has 7 nitrogen and oxygen atoms in total. The predicted molar refractivity (Wildman–Crippen MR) is 64.5 cm³/mol. The topological polar surface area (TPSA) is 92.9 Å². The van der Waals surface area contributed by atoms with E-state index in [0.717, 1.165) is 0 Å². The number of anilines is 1. The molecule has 18 heavy (non-hydrogen) atoms. The van der Waals surface area contributed by atoms with Crippen LogP contribution in [0.1, 0.15) is 16.3 Å². The fourth-order valence-corrected chi connectivity index (χ4v) is 1.51. The molecular formula is C10H10ClN5O2. The predicted octanol–water partition coefficient (Wildman–Crippen LogP) is 1.17. The second-order valence-corrected chi connectivity index (χ2v) is 3.93. The zero-order valence-electron chi connectivity index (χ0n) is 9.46. The quantitative estimate of drug-likeness (QED) is 0.864. The molecule has 0 amide bonds. The van der Waals surface area contributed by atoms with Crippen LogP contribution in [0, 0.1) is 0 Å². The van der Waals surface area contributed by atoms with E-state index in [2.05, 4.69) is 20.4 Å². The summed E-state index contributed by atoms with van der Waals surface area (Å²) in [4.78, 5) is 18.8. The van der Waals surface area contributed by atoms with Gasteiger partial charge in [0, 0.05) is 7.05 Å². The SMILES string of the molecule is Cn1cnc(CNc2ccc(Cl)c(C(=O)O)n2)n1. The van der Waals surface area contributed by atoms with Crippen molar-refractivity contribution in [3.63, 3.8) is 0 Å². The third-order valence-corrected chi connectivity index (χ3v) is 2.43. The number of hydrogen-bond acceptors (Lipinski definition) is 5. The van der Waals surface area contributed by atoms with Gasteiger partial charge in [-0.15, -0.1) is 0 Å².